The minimum Gasteiger partial charge on any atom is -0.497 e. The van der Waals surface area contributed by atoms with Crippen LogP contribution in [0.5, 0.6) is 5.75 Å². The second-order valence-corrected chi connectivity index (χ2v) is 6.88. The number of rotatable bonds is 7. The molecule has 0 saturated carbocycles. The highest BCUT2D eigenvalue weighted by Crippen LogP contribution is 2.17. The Hall–Kier alpha value is -2.34. The summed E-state index contributed by atoms with van der Waals surface area (Å²) in [6.45, 7) is 2.10. The Labute approximate surface area is 162 Å². The molecule has 6 heteroatoms. The molecule has 0 aliphatic rings. The number of hydrogen-bond donors (Lipinski definition) is 1. The quantitative estimate of drug-likeness (QED) is 0.750. The second-order valence-electron chi connectivity index (χ2n) is 5.97. The van der Waals surface area contributed by atoms with Gasteiger partial charge in [0, 0.05) is 18.1 Å². The summed E-state index contributed by atoms with van der Waals surface area (Å²) in [6, 6.07) is 14.5. The first-order chi connectivity index (χ1) is 12.4. The number of hydrogen-bond acceptors (Lipinski definition) is 3. The van der Waals surface area contributed by atoms with E-state index in [4.69, 9.17) is 4.74 Å². The molecule has 5 nitrogen and oxygen atoms in total. The molecule has 2 aromatic carbocycles. The van der Waals surface area contributed by atoms with Crippen molar-refractivity contribution in [3.8, 4) is 5.75 Å². The van der Waals surface area contributed by atoms with Gasteiger partial charge in [0.25, 0.3) is 0 Å². The van der Waals surface area contributed by atoms with E-state index < -0.39 is 6.04 Å². The topological polar surface area (TPSA) is 58.6 Å². The van der Waals surface area contributed by atoms with Crippen LogP contribution in [-0.2, 0) is 22.6 Å². The van der Waals surface area contributed by atoms with Crippen LogP contribution in [-0.4, -0.2) is 36.9 Å². The number of carbonyl (C=O) groups excluding carboxylic acids is 2. The highest BCUT2D eigenvalue weighted by atomic mass is 79.9. The summed E-state index contributed by atoms with van der Waals surface area (Å²) in [4.78, 5) is 26.6. The van der Waals surface area contributed by atoms with Crippen LogP contribution in [0.4, 0.5) is 0 Å². The zero-order valence-corrected chi connectivity index (χ0v) is 16.7. The Balaban J connectivity index is 2.20. The summed E-state index contributed by atoms with van der Waals surface area (Å²) in [7, 11) is 3.18. The van der Waals surface area contributed by atoms with Gasteiger partial charge in [-0.05, 0) is 42.3 Å². The van der Waals surface area contributed by atoms with Crippen molar-refractivity contribution >= 4 is 27.7 Å². The highest BCUT2D eigenvalue weighted by Gasteiger charge is 2.25. The van der Waals surface area contributed by atoms with Crippen LogP contribution in [0.2, 0.25) is 0 Å². The van der Waals surface area contributed by atoms with E-state index in [-0.39, 0.29) is 18.2 Å². The summed E-state index contributed by atoms with van der Waals surface area (Å²) in [5.74, 6) is 0.445. The third kappa shape index (κ3) is 5.33. The average Bonchev–Trinajstić information content (AvgIpc) is 2.65. The van der Waals surface area contributed by atoms with Gasteiger partial charge < -0.3 is 15.0 Å². The number of halogens is 1. The second kappa shape index (κ2) is 9.38. The molecule has 0 aromatic heterocycles. The van der Waals surface area contributed by atoms with E-state index in [1.165, 1.54) is 0 Å². The number of nitrogens with zero attached hydrogens (tertiary/aromatic N) is 1. The molecule has 0 heterocycles. The minimum absolute atomic E-state index is 0.105. The van der Waals surface area contributed by atoms with Crippen LogP contribution in [0.15, 0.2) is 53.0 Å². The van der Waals surface area contributed by atoms with E-state index in [1.54, 1.807) is 26.0 Å². The van der Waals surface area contributed by atoms with Gasteiger partial charge in [-0.2, -0.15) is 0 Å². The van der Waals surface area contributed by atoms with E-state index in [0.717, 1.165) is 21.3 Å². The predicted octanol–water partition coefficient (Wildman–Crippen LogP) is 3.16. The van der Waals surface area contributed by atoms with Crippen molar-refractivity contribution in [2.75, 3.05) is 14.2 Å². The van der Waals surface area contributed by atoms with Gasteiger partial charge in [-0.3, -0.25) is 9.59 Å². The van der Waals surface area contributed by atoms with E-state index >= 15 is 0 Å². The van der Waals surface area contributed by atoms with E-state index in [2.05, 4.69) is 21.2 Å². The van der Waals surface area contributed by atoms with Gasteiger partial charge in [0.2, 0.25) is 11.8 Å². The normalized spacial score (nSPS) is 11.5. The van der Waals surface area contributed by atoms with Crippen LogP contribution in [0.3, 0.4) is 0 Å². The molecule has 26 heavy (non-hydrogen) atoms. The van der Waals surface area contributed by atoms with Crippen LogP contribution in [0.25, 0.3) is 0 Å². The third-order valence-corrected chi connectivity index (χ3v) is 4.66. The number of nitrogens with one attached hydrogen (secondary N) is 1. The van der Waals surface area contributed by atoms with Crippen molar-refractivity contribution in [1.29, 1.82) is 0 Å². The summed E-state index contributed by atoms with van der Waals surface area (Å²) in [5, 5.41) is 2.62. The van der Waals surface area contributed by atoms with Gasteiger partial charge in [-0.15, -0.1) is 0 Å². The molecule has 0 fully saturated rings. The van der Waals surface area contributed by atoms with Gasteiger partial charge in [0.05, 0.1) is 13.5 Å². The molecule has 2 amide bonds. The molecule has 0 aliphatic heterocycles. The Morgan fingerprint density at radius 3 is 2.42 bits per heavy atom. The maximum atomic E-state index is 12.9. The fourth-order valence-electron chi connectivity index (χ4n) is 2.64. The number of carbonyl (C=O) groups is 2. The lowest BCUT2D eigenvalue weighted by molar-refractivity contribution is -0.139. The first-order valence-electron chi connectivity index (χ1n) is 8.33. The fourth-order valence-corrected chi connectivity index (χ4v) is 3.09. The third-order valence-electron chi connectivity index (χ3n) is 4.17. The number of amides is 2. The molecule has 2 rings (SSSR count). The molecule has 1 N–H and O–H groups in total. The van der Waals surface area contributed by atoms with Crippen molar-refractivity contribution in [2.24, 2.45) is 0 Å². The summed E-state index contributed by atoms with van der Waals surface area (Å²) in [6.07, 6.45) is 0.222. The van der Waals surface area contributed by atoms with Crippen molar-refractivity contribution in [3.05, 3.63) is 64.1 Å². The first kappa shape index (κ1) is 20.0. The Morgan fingerprint density at radius 2 is 1.85 bits per heavy atom. The Bertz CT molecular complexity index is 762. The lowest BCUT2D eigenvalue weighted by Crippen LogP contribution is -2.47. The van der Waals surface area contributed by atoms with Gasteiger partial charge >= 0.3 is 0 Å². The molecular weight excluding hydrogens is 396 g/mol. The monoisotopic (exact) mass is 418 g/mol. The van der Waals surface area contributed by atoms with Gasteiger partial charge in [-0.1, -0.05) is 40.2 Å². The van der Waals surface area contributed by atoms with Gasteiger partial charge in [0.1, 0.15) is 11.8 Å². The lowest BCUT2D eigenvalue weighted by atomic mass is 10.1. The van der Waals surface area contributed by atoms with Gasteiger partial charge in [0.15, 0.2) is 0 Å². The van der Waals surface area contributed by atoms with Crippen molar-refractivity contribution in [2.45, 2.75) is 25.9 Å². The summed E-state index contributed by atoms with van der Waals surface area (Å²) >= 11 is 3.44. The molecule has 1 unspecified atom stereocenters. The van der Waals surface area contributed by atoms with Crippen LogP contribution in [0, 0.1) is 0 Å². The van der Waals surface area contributed by atoms with Crippen LogP contribution in [0.1, 0.15) is 18.1 Å². The Kier molecular flexibility index (Phi) is 7.21. The zero-order valence-electron chi connectivity index (χ0n) is 15.2. The molecule has 1 atom stereocenters. The molecule has 0 spiro atoms. The van der Waals surface area contributed by atoms with Crippen molar-refractivity contribution in [1.82, 2.24) is 10.2 Å². The highest BCUT2D eigenvalue weighted by molar-refractivity contribution is 9.10. The molecule has 0 saturated heterocycles. The predicted molar refractivity (Wildman–Crippen MR) is 105 cm³/mol. The lowest BCUT2D eigenvalue weighted by Gasteiger charge is -2.28. The molecular formula is C20H23BrN2O3. The Morgan fingerprint density at radius 1 is 1.15 bits per heavy atom. The van der Waals surface area contributed by atoms with Crippen molar-refractivity contribution in [3.63, 3.8) is 0 Å². The maximum Gasteiger partial charge on any atom is 0.242 e. The van der Waals surface area contributed by atoms with Crippen LogP contribution >= 0.6 is 15.9 Å². The first-order valence-corrected chi connectivity index (χ1v) is 9.12. The molecule has 2 aromatic rings. The average molecular weight is 419 g/mol. The van der Waals surface area contributed by atoms with E-state index in [0.29, 0.717) is 6.54 Å². The standard InChI is InChI=1S/C20H23BrN2O3/c1-14(20(25)22-2)23(13-16-5-4-6-17(21)11-16)19(24)12-15-7-9-18(26-3)10-8-15/h4-11,14H,12-13H2,1-3H3,(H,22,25). The van der Waals surface area contributed by atoms with Gasteiger partial charge in [-0.25, -0.2) is 0 Å². The minimum atomic E-state index is -0.565. The largest absolute Gasteiger partial charge is 0.497 e. The smallest absolute Gasteiger partial charge is 0.242 e. The number of likely N-dealkylation sites (N-methyl/N-ethyl adjacent to an activating group) is 1. The SMILES string of the molecule is CNC(=O)C(C)N(Cc1cccc(Br)c1)C(=O)Cc1ccc(OC)cc1. The summed E-state index contributed by atoms with van der Waals surface area (Å²) in [5.41, 5.74) is 1.83. The summed E-state index contributed by atoms with van der Waals surface area (Å²) < 4.78 is 6.08. The van der Waals surface area contributed by atoms with Crippen molar-refractivity contribution < 1.29 is 14.3 Å². The zero-order chi connectivity index (χ0) is 19.1. The van der Waals surface area contributed by atoms with E-state index in [1.807, 2.05) is 48.5 Å². The molecule has 0 radical (unpaired) electrons. The number of benzene rings is 2. The maximum absolute atomic E-state index is 12.9. The molecule has 0 aliphatic carbocycles. The van der Waals surface area contributed by atoms with E-state index in [9.17, 15) is 9.59 Å². The molecule has 0 bridgehead atoms. The van der Waals surface area contributed by atoms with Crippen LogP contribution < -0.4 is 10.1 Å². The number of methoxy groups -OCH3 is 1. The fraction of sp³-hybridized carbons (Fsp3) is 0.300. The molecule has 138 valence electrons. The number of ether oxygens (including phenoxy) is 1.